The van der Waals surface area contributed by atoms with Gasteiger partial charge >= 0.3 is 0 Å². The van der Waals surface area contributed by atoms with Gasteiger partial charge in [-0.3, -0.25) is 4.99 Å². The molecule has 2 heteroatoms. The van der Waals surface area contributed by atoms with Gasteiger partial charge < -0.3 is 5.73 Å². The average Bonchev–Trinajstić information content (AvgIpc) is 3.47. The number of nitrogens with zero attached hydrogens (tertiary/aromatic N) is 1. The second-order valence-electron chi connectivity index (χ2n) is 7.64. The summed E-state index contributed by atoms with van der Waals surface area (Å²) >= 11 is 0. The minimum absolute atomic E-state index is 1.06. The normalized spacial score (nSPS) is 14.0. The standard InChI is InChI=1S/C18H22.C8H11N.C2H6.CH5N/c1-13(2)10-18(11-14(3)4)17-9-8-15-6-5-7-16(15)12-17;1-7(9-2)8-5-3-4-6-8;2*1-2/h8-12H,1,5-7H2,2-4H3;3-5H,6H2,1-2H3;1-2H3;2H2,1H3/b18-10+;;;. The molecule has 0 aliphatic heterocycles. The van der Waals surface area contributed by atoms with Crippen molar-refractivity contribution >= 4 is 11.3 Å². The van der Waals surface area contributed by atoms with Crippen LogP contribution in [-0.2, 0) is 12.8 Å². The first-order valence-corrected chi connectivity index (χ1v) is 11.4. The van der Waals surface area contributed by atoms with E-state index in [1.165, 1.54) is 59.7 Å². The van der Waals surface area contributed by atoms with Gasteiger partial charge in [-0.2, -0.15) is 0 Å². The number of fused-ring (bicyclic) bond motifs is 1. The molecule has 31 heavy (non-hydrogen) atoms. The van der Waals surface area contributed by atoms with Gasteiger partial charge in [-0.05, 0) is 88.3 Å². The number of hydrogen-bond acceptors (Lipinski definition) is 2. The van der Waals surface area contributed by atoms with Crippen molar-refractivity contribution in [3.63, 3.8) is 0 Å². The van der Waals surface area contributed by atoms with E-state index in [-0.39, 0.29) is 0 Å². The highest BCUT2D eigenvalue weighted by molar-refractivity contribution is 5.99. The molecule has 2 aliphatic rings. The van der Waals surface area contributed by atoms with Gasteiger partial charge in [-0.15, -0.1) is 0 Å². The molecule has 0 aromatic heterocycles. The van der Waals surface area contributed by atoms with Crippen molar-refractivity contribution in [3.05, 3.63) is 88.6 Å². The molecule has 2 nitrogen and oxygen atoms in total. The lowest BCUT2D eigenvalue weighted by Crippen LogP contribution is -1.92. The highest BCUT2D eigenvalue weighted by Crippen LogP contribution is 2.27. The van der Waals surface area contributed by atoms with Gasteiger partial charge in [0.1, 0.15) is 0 Å². The van der Waals surface area contributed by atoms with Crippen molar-refractivity contribution < 1.29 is 0 Å². The van der Waals surface area contributed by atoms with E-state index in [1.807, 2.05) is 34.7 Å². The zero-order valence-electron chi connectivity index (χ0n) is 21.2. The summed E-state index contributed by atoms with van der Waals surface area (Å²) in [7, 11) is 3.33. The summed E-state index contributed by atoms with van der Waals surface area (Å²) in [6.07, 6.45) is 15.6. The van der Waals surface area contributed by atoms with Crippen LogP contribution >= 0.6 is 0 Å². The van der Waals surface area contributed by atoms with Crippen LogP contribution in [0.15, 0.2) is 76.9 Å². The molecule has 0 saturated heterocycles. The van der Waals surface area contributed by atoms with Crippen molar-refractivity contribution in [3.8, 4) is 0 Å². The summed E-state index contributed by atoms with van der Waals surface area (Å²) in [6, 6.07) is 6.90. The molecule has 0 heterocycles. The predicted octanol–water partition coefficient (Wildman–Crippen LogP) is 7.67. The first-order chi connectivity index (χ1) is 14.9. The molecule has 0 saturated carbocycles. The van der Waals surface area contributed by atoms with Crippen molar-refractivity contribution in [1.29, 1.82) is 0 Å². The van der Waals surface area contributed by atoms with Gasteiger partial charge in [-0.25, -0.2) is 0 Å². The van der Waals surface area contributed by atoms with Crippen LogP contribution in [-0.4, -0.2) is 19.8 Å². The zero-order chi connectivity index (χ0) is 23.8. The molecule has 1 aromatic carbocycles. The Morgan fingerprint density at radius 1 is 1.00 bits per heavy atom. The monoisotopic (exact) mass is 420 g/mol. The summed E-state index contributed by atoms with van der Waals surface area (Å²) in [6.45, 7) is 16.4. The Hall–Kier alpha value is -2.45. The van der Waals surface area contributed by atoms with Crippen LogP contribution in [0.1, 0.15) is 71.1 Å². The second kappa shape index (κ2) is 16.3. The minimum Gasteiger partial charge on any atom is -0.333 e. The van der Waals surface area contributed by atoms with Gasteiger partial charge in [0.25, 0.3) is 0 Å². The fourth-order valence-electron chi connectivity index (χ4n) is 3.40. The summed E-state index contributed by atoms with van der Waals surface area (Å²) in [5.74, 6) is 0. The summed E-state index contributed by atoms with van der Waals surface area (Å²) in [5, 5.41) is 0. The average molecular weight is 421 g/mol. The third kappa shape index (κ3) is 10.4. The molecule has 0 unspecified atom stereocenters. The molecule has 0 amide bonds. The third-order valence-electron chi connectivity index (χ3n) is 4.85. The first kappa shape index (κ1) is 28.5. The lowest BCUT2D eigenvalue weighted by Gasteiger charge is -2.07. The summed E-state index contributed by atoms with van der Waals surface area (Å²) in [5.41, 5.74) is 15.1. The molecule has 170 valence electrons. The van der Waals surface area contributed by atoms with Crippen LogP contribution < -0.4 is 5.73 Å². The smallest absolute Gasteiger partial charge is 0.0348 e. The molecule has 0 fully saturated rings. The molecular formula is C29H44N2. The van der Waals surface area contributed by atoms with Crippen LogP contribution in [0, 0.1) is 0 Å². The van der Waals surface area contributed by atoms with Crippen molar-refractivity contribution in [1.82, 2.24) is 0 Å². The Kier molecular flexibility index (Phi) is 15.0. The van der Waals surface area contributed by atoms with E-state index < -0.39 is 0 Å². The van der Waals surface area contributed by atoms with Gasteiger partial charge in [0.15, 0.2) is 0 Å². The number of hydrogen-bond donors (Lipinski definition) is 1. The number of aryl methyl sites for hydroxylation is 2. The lowest BCUT2D eigenvalue weighted by molar-refractivity contribution is 0.912. The second-order valence-corrected chi connectivity index (χ2v) is 7.64. The lowest BCUT2D eigenvalue weighted by atomic mass is 9.98. The van der Waals surface area contributed by atoms with Gasteiger partial charge in [0, 0.05) is 12.8 Å². The fraction of sp³-hybridized carbons (Fsp3) is 0.414. The highest BCUT2D eigenvalue weighted by Gasteiger charge is 2.11. The Morgan fingerprint density at radius 2 is 1.65 bits per heavy atom. The molecule has 0 spiro atoms. The Bertz CT molecular complexity index is 841. The Balaban J connectivity index is 0.000000582. The molecule has 3 rings (SSSR count). The Labute approximate surface area is 192 Å². The molecule has 0 radical (unpaired) electrons. The number of nitrogens with two attached hydrogens (primary N) is 1. The molecule has 2 N–H and O–H groups in total. The zero-order valence-corrected chi connectivity index (χ0v) is 21.2. The molecule has 2 aliphatic carbocycles. The van der Waals surface area contributed by atoms with Gasteiger partial charge in [0.05, 0.1) is 0 Å². The van der Waals surface area contributed by atoms with Crippen molar-refractivity contribution in [2.24, 2.45) is 10.7 Å². The van der Waals surface area contributed by atoms with E-state index in [0.29, 0.717) is 0 Å². The van der Waals surface area contributed by atoms with Crippen molar-refractivity contribution in [2.75, 3.05) is 14.1 Å². The predicted molar refractivity (Wildman–Crippen MR) is 143 cm³/mol. The maximum absolute atomic E-state index is 4.50. The molecular weight excluding hydrogens is 376 g/mol. The Morgan fingerprint density at radius 3 is 2.16 bits per heavy atom. The van der Waals surface area contributed by atoms with Crippen LogP contribution in [0.4, 0.5) is 0 Å². The van der Waals surface area contributed by atoms with Crippen LogP contribution in [0.5, 0.6) is 0 Å². The van der Waals surface area contributed by atoms with E-state index in [2.05, 4.69) is 79.7 Å². The minimum atomic E-state index is 1.06. The summed E-state index contributed by atoms with van der Waals surface area (Å²) in [4.78, 5) is 4.08. The molecule has 0 atom stereocenters. The van der Waals surface area contributed by atoms with E-state index in [9.17, 15) is 0 Å². The number of allylic oxidation sites excluding steroid dienone is 9. The van der Waals surface area contributed by atoms with E-state index in [4.69, 9.17) is 0 Å². The van der Waals surface area contributed by atoms with Crippen LogP contribution in [0.3, 0.4) is 0 Å². The maximum atomic E-state index is 4.50. The third-order valence-corrected chi connectivity index (χ3v) is 4.85. The van der Waals surface area contributed by atoms with E-state index in [0.717, 1.165) is 17.7 Å². The fourth-order valence-corrected chi connectivity index (χ4v) is 3.40. The van der Waals surface area contributed by atoms with E-state index >= 15 is 0 Å². The quantitative estimate of drug-likeness (QED) is 0.394. The summed E-state index contributed by atoms with van der Waals surface area (Å²) < 4.78 is 0. The number of aliphatic imine (C=N–C) groups is 1. The first-order valence-electron chi connectivity index (χ1n) is 11.4. The highest BCUT2D eigenvalue weighted by atomic mass is 14.7. The van der Waals surface area contributed by atoms with Gasteiger partial charge in [0.2, 0.25) is 0 Å². The SMILES string of the molecule is C=C(C)/C=C(\C=C(C)C)c1ccc2c(c1)CCC2.CC.CN.CN=C(C)C1=CC=CC1. The maximum Gasteiger partial charge on any atom is 0.0348 e. The van der Waals surface area contributed by atoms with Crippen LogP contribution in [0.25, 0.3) is 5.57 Å². The van der Waals surface area contributed by atoms with Gasteiger partial charge in [-0.1, -0.05) is 80.2 Å². The topological polar surface area (TPSA) is 38.4 Å². The van der Waals surface area contributed by atoms with Crippen LogP contribution in [0.2, 0.25) is 0 Å². The number of rotatable bonds is 4. The van der Waals surface area contributed by atoms with Crippen molar-refractivity contribution in [2.45, 2.75) is 67.2 Å². The van der Waals surface area contributed by atoms with E-state index in [1.54, 1.807) is 0 Å². The largest absolute Gasteiger partial charge is 0.333 e. The number of benzene rings is 1. The molecule has 1 aromatic rings. The molecule has 0 bridgehead atoms.